The molecule has 0 unspecified atom stereocenters. The molecule has 0 radical (unpaired) electrons. The van der Waals surface area contributed by atoms with Gasteiger partial charge in [-0.25, -0.2) is 0 Å². The topological polar surface area (TPSA) is 86.7 Å². The normalized spacial score (nSPS) is 15.1. The summed E-state index contributed by atoms with van der Waals surface area (Å²) in [6.07, 6.45) is -1.16. The fourth-order valence-corrected chi connectivity index (χ4v) is 5.12. The van der Waals surface area contributed by atoms with Crippen molar-refractivity contribution in [3.8, 4) is 0 Å². The van der Waals surface area contributed by atoms with Gasteiger partial charge in [0, 0.05) is 29.9 Å². The number of thiophene rings is 2. The van der Waals surface area contributed by atoms with Gasteiger partial charge in [0.1, 0.15) is 12.2 Å². The van der Waals surface area contributed by atoms with Gasteiger partial charge in [0.2, 0.25) is 5.78 Å². The van der Waals surface area contributed by atoms with Crippen LogP contribution in [0.1, 0.15) is 80.8 Å². The molecular formula is C18H16O6S2. The Balaban J connectivity index is 2.02. The number of esters is 2. The Morgan fingerprint density at radius 2 is 1.58 bits per heavy atom. The Morgan fingerprint density at radius 1 is 0.962 bits per heavy atom. The maximum Gasteiger partial charge on any atom is 0.303 e. The predicted octanol–water partition coefficient (Wildman–Crippen LogP) is 3.83. The van der Waals surface area contributed by atoms with Crippen LogP contribution < -0.4 is 0 Å². The molecule has 0 aromatic carbocycles. The fraction of sp³-hybridized carbons (Fsp3) is 0.333. The first kappa shape index (κ1) is 18.5. The lowest BCUT2D eigenvalue weighted by Crippen LogP contribution is -2.19. The Kier molecular flexibility index (Phi) is 4.81. The molecule has 0 saturated carbocycles. The van der Waals surface area contributed by atoms with E-state index in [0.717, 1.165) is 11.3 Å². The number of hydrogen-bond acceptors (Lipinski definition) is 8. The van der Waals surface area contributed by atoms with E-state index < -0.39 is 24.1 Å². The molecule has 1 aliphatic rings. The summed E-state index contributed by atoms with van der Waals surface area (Å²) in [5.74, 6) is -1.39. The molecule has 0 fully saturated rings. The van der Waals surface area contributed by atoms with Crippen LogP contribution in [-0.4, -0.2) is 23.5 Å². The van der Waals surface area contributed by atoms with Crippen molar-refractivity contribution in [2.45, 2.75) is 39.9 Å². The van der Waals surface area contributed by atoms with E-state index in [1.165, 1.54) is 25.2 Å². The number of rotatable bonds is 4. The largest absolute Gasteiger partial charge is 0.458 e. The summed E-state index contributed by atoms with van der Waals surface area (Å²) in [5, 5.41) is 1.69. The highest BCUT2D eigenvalue weighted by molar-refractivity contribution is 7.18. The van der Waals surface area contributed by atoms with Gasteiger partial charge in [-0.3, -0.25) is 19.2 Å². The third-order valence-corrected chi connectivity index (χ3v) is 6.27. The monoisotopic (exact) mass is 392 g/mol. The van der Waals surface area contributed by atoms with Gasteiger partial charge in [0.05, 0.1) is 15.3 Å². The van der Waals surface area contributed by atoms with Crippen LogP contribution in [0.15, 0.2) is 11.4 Å². The van der Waals surface area contributed by atoms with Crippen molar-refractivity contribution in [1.82, 2.24) is 0 Å². The van der Waals surface area contributed by atoms with Crippen molar-refractivity contribution in [2.75, 3.05) is 0 Å². The third kappa shape index (κ3) is 3.10. The minimum absolute atomic E-state index is 0.229. The van der Waals surface area contributed by atoms with Crippen LogP contribution in [0.2, 0.25) is 0 Å². The zero-order valence-corrected chi connectivity index (χ0v) is 16.2. The van der Waals surface area contributed by atoms with Crippen LogP contribution in [0, 0.1) is 0 Å². The molecule has 0 amide bonds. The minimum atomic E-state index is -0.621. The van der Waals surface area contributed by atoms with Crippen LogP contribution in [0.5, 0.6) is 0 Å². The second-order valence-electron chi connectivity index (χ2n) is 5.95. The van der Waals surface area contributed by atoms with Crippen molar-refractivity contribution in [3.63, 3.8) is 0 Å². The maximum atomic E-state index is 13.0. The summed E-state index contributed by atoms with van der Waals surface area (Å²) in [6.45, 7) is 5.96. The van der Waals surface area contributed by atoms with Gasteiger partial charge in [-0.2, -0.15) is 0 Å². The van der Waals surface area contributed by atoms with Crippen molar-refractivity contribution in [2.24, 2.45) is 0 Å². The second-order valence-corrected chi connectivity index (χ2v) is 7.91. The van der Waals surface area contributed by atoms with Gasteiger partial charge in [-0.05, 0) is 25.3 Å². The Hall–Kier alpha value is -2.32. The molecule has 6 nitrogen and oxygen atoms in total. The van der Waals surface area contributed by atoms with Crippen molar-refractivity contribution < 1.29 is 28.7 Å². The molecule has 0 saturated heterocycles. The lowest BCUT2D eigenvalue weighted by atomic mass is 9.91. The van der Waals surface area contributed by atoms with Crippen molar-refractivity contribution >= 4 is 46.2 Å². The van der Waals surface area contributed by atoms with Crippen LogP contribution in [0.3, 0.4) is 0 Å². The van der Waals surface area contributed by atoms with E-state index in [4.69, 9.17) is 9.47 Å². The number of ether oxygens (including phenoxy) is 2. The van der Waals surface area contributed by atoms with E-state index in [1.54, 1.807) is 25.3 Å². The number of ketones is 2. The summed E-state index contributed by atoms with van der Waals surface area (Å²) < 4.78 is 10.3. The van der Waals surface area contributed by atoms with Crippen molar-refractivity contribution in [3.05, 3.63) is 42.8 Å². The van der Waals surface area contributed by atoms with Gasteiger partial charge in [0.15, 0.2) is 5.78 Å². The molecule has 0 N–H and O–H groups in total. The summed E-state index contributed by atoms with van der Waals surface area (Å²) in [5.41, 5.74) is 1.13. The Bertz CT molecular complexity index is 932. The first-order valence-electron chi connectivity index (χ1n) is 7.89. The standard InChI is InChI=1S/C18H16O6S2/c1-7(23-9(3)19)12-6-25-18-14(12)15(21)11-5-13(8(2)24-10(4)20)26-17(11)16(18)22/h5-8H,1-4H3/t7-,8-/m0/s1. The number of fused-ring (bicyclic) bond motifs is 2. The number of carbonyl (C=O) groups excluding carboxylic acids is 4. The van der Waals surface area contributed by atoms with Crippen LogP contribution in [-0.2, 0) is 19.1 Å². The highest BCUT2D eigenvalue weighted by Gasteiger charge is 2.37. The van der Waals surface area contributed by atoms with E-state index in [2.05, 4.69) is 0 Å². The van der Waals surface area contributed by atoms with E-state index in [1.807, 2.05) is 0 Å². The first-order chi connectivity index (χ1) is 12.2. The molecule has 2 aromatic rings. The zero-order valence-electron chi connectivity index (χ0n) is 14.6. The van der Waals surface area contributed by atoms with Crippen LogP contribution in [0.25, 0.3) is 0 Å². The highest BCUT2D eigenvalue weighted by Crippen LogP contribution is 2.41. The average Bonchev–Trinajstić information content (AvgIpc) is 3.16. The summed E-state index contributed by atoms with van der Waals surface area (Å²) >= 11 is 2.33. The molecule has 2 heterocycles. The third-order valence-electron chi connectivity index (χ3n) is 3.98. The molecule has 136 valence electrons. The van der Waals surface area contributed by atoms with Gasteiger partial charge in [-0.1, -0.05) is 0 Å². The fourth-order valence-electron chi connectivity index (χ4n) is 2.88. The zero-order chi connectivity index (χ0) is 19.2. The lowest BCUT2D eigenvalue weighted by molar-refractivity contribution is -0.146. The lowest BCUT2D eigenvalue weighted by Gasteiger charge is -2.15. The van der Waals surface area contributed by atoms with E-state index in [0.29, 0.717) is 31.3 Å². The summed E-state index contributed by atoms with van der Waals surface area (Å²) in [6, 6.07) is 1.61. The molecule has 2 atom stereocenters. The van der Waals surface area contributed by atoms with E-state index in [-0.39, 0.29) is 11.6 Å². The summed E-state index contributed by atoms with van der Waals surface area (Å²) in [4.78, 5) is 49.5. The first-order valence-corrected chi connectivity index (χ1v) is 9.59. The SMILES string of the molecule is CC(=O)O[C@@H](C)c1cc2c(s1)C(=O)c1scc([C@H](C)OC(C)=O)c1C2=O. The molecule has 26 heavy (non-hydrogen) atoms. The maximum absolute atomic E-state index is 13.0. The minimum Gasteiger partial charge on any atom is -0.458 e. The quantitative estimate of drug-likeness (QED) is 0.627. The van der Waals surface area contributed by atoms with E-state index >= 15 is 0 Å². The molecule has 8 heteroatoms. The van der Waals surface area contributed by atoms with Gasteiger partial charge in [-0.15, -0.1) is 22.7 Å². The smallest absolute Gasteiger partial charge is 0.303 e. The molecule has 0 spiro atoms. The number of carbonyl (C=O) groups is 4. The van der Waals surface area contributed by atoms with Crippen LogP contribution >= 0.6 is 22.7 Å². The van der Waals surface area contributed by atoms with Gasteiger partial charge in [0.25, 0.3) is 0 Å². The summed E-state index contributed by atoms with van der Waals surface area (Å²) in [7, 11) is 0. The van der Waals surface area contributed by atoms with Crippen molar-refractivity contribution in [1.29, 1.82) is 0 Å². The second kappa shape index (κ2) is 6.77. The van der Waals surface area contributed by atoms with Crippen LogP contribution in [0.4, 0.5) is 0 Å². The van der Waals surface area contributed by atoms with E-state index in [9.17, 15) is 19.2 Å². The highest BCUT2D eigenvalue weighted by atomic mass is 32.1. The molecule has 3 rings (SSSR count). The molecule has 2 aromatic heterocycles. The molecular weight excluding hydrogens is 376 g/mol. The number of hydrogen-bond donors (Lipinski definition) is 0. The van der Waals surface area contributed by atoms with Gasteiger partial charge >= 0.3 is 11.9 Å². The Labute approximate surface area is 157 Å². The predicted molar refractivity (Wildman–Crippen MR) is 95.9 cm³/mol. The molecule has 0 aliphatic heterocycles. The van der Waals surface area contributed by atoms with Gasteiger partial charge < -0.3 is 9.47 Å². The average molecular weight is 392 g/mol. The molecule has 1 aliphatic carbocycles. The molecule has 0 bridgehead atoms. The Morgan fingerprint density at radius 3 is 2.19 bits per heavy atom.